The molecule has 1 aliphatic heterocycles. The lowest BCUT2D eigenvalue weighted by atomic mass is 10.3. The second-order valence-electron chi connectivity index (χ2n) is 2.87. The Morgan fingerprint density at radius 3 is 2.75 bits per heavy atom. The van der Waals surface area contributed by atoms with Crippen molar-refractivity contribution in [1.29, 1.82) is 0 Å². The van der Waals surface area contributed by atoms with Gasteiger partial charge in [0.2, 0.25) is 0 Å². The zero-order valence-corrected chi connectivity index (χ0v) is 7.72. The van der Waals surface area contributed by atoms with Crippen LogP contribution in [0.4, 0.5) is 0 Å². The quantitative estimate of drug-likeness (QED) is 0.692. The maximum atomic E-state index is 5.74. The molecule has 64 valence electrons. The van der Waals surface area contributed by atoms with Gasteiger partial charge in [-0.25, -0.2) is 0 Å². The first-order valence-electron chi connectivity index (χ1n) is 4.28. The summed E-state index contributed by atoms with van der Waals surface area (Å²) in [5.74, 6) is 2.24. The van der Waals surface area contributed by atoms with E-state index in [0.29, 0.717) is 5.44 Å². The Morgan fingerprint density at radius 2 is 2.08 bits per heavy atom. The van der Waals surface area contributed by atoms with Gasteiger partial charge in [0.05, 0.1) is 0 Å². The van der Waals surface area contributed by atoms with E-state index >= 15 is 0 Å². The largest absolute Gasteiger partial charge is 0.480 e. The van der Waals surface area contributed by atoms with E-state index in [0.717, 1.165) is 5.75 Å². The molecule has 1 saturated heterocycles. The monoisotopic (exact) mass is 180 g/mol. The molecule has 0 aromatic heterocycles. The molecule has 1 aliphatic rings. The predicted molar refractivity (Wildman–Crippen MR) is 52.6 cm³/mol. The molecule has 1 aromatic carbocycles. The summed E-state index contributed by atoms with van der Waals surface area (Å²) in [6.45, 7) is 0. The fraction of sp³-hybridized carbons (Fsp3) is 0.400. The third kappa shape index (κ3) is 1.95. The summed E-state index contributed by atoms with van der Waals surface area (Å²) in [5, 5.41) is 0. The first-order chi connectivity index (χ1) is 5.95. The molecule has 0 amide bonds. The number of benzene rings is 1. The van der Waals surface area contributed by atoms with Crippen molar-refractivity contribution in [3.8, 4) is 5.75 Å². The maximum Gasteiger partial charge on any atom is 0.144 e. The van der Waals surface area contributed by atoms with Gasteiger partial charge >= 0.3 is 0 Å². The van der Waals surface area contributed by atoms with Crippen molar-refractivity contribution in [3.63, 3.8) is 0 Å². The number of hydrogen-bond acceptors (Lipinski definition) is 2. The van der Waals surface area contributed by atoms with Crippen LogP contribution in [0.2, 0.25) is 0 Å². The molecule has 0 aliphatic carbocycles. The van der Waals surface area contributed by atoms with E-state index in [1.165, 1.54) is 18.6 Å². The van der Waals surface area contributed by atoms with Crippen LogP contribution in [-0.2, 0) is 0 Å². The molecule has 0 radical (unpaired) electrons. The molecule has 0 spiro atoms. The molecule has 1 heterocycles. The Hall–Kier alpha value is -0.630. The normalized spacial score (nSPS) is 22.5. The van der Waals surface area contributed by atoms with Crippen molar-refractivity contribution in [1.82, 2.24) is 0 Å². The van der Waals surface area contributed by atoms with Gasteiger partial charge in [-0.15, -0.1) is 11.8 Å². The standard InChI is InChI=1S/C10H12OS/c1-2-5-9(6-3-1)11-10-7-4-8-12-10/h1-3,5-6,10H,4,7-8H2. The lowest BCUT2D eigenvalue weighted by Gasteiger charge is -2.11. The van der Waals surface area contributed by atoms with Crippen LogP contribution in [-0.4, -0.2) is 11.2 Å². The molecule has 0 N–H and O–H groups in total. The van der Waals surface area contributed by atoms with Gasteiger partial charge < -0.3 is 4.74 Å². The summed E-state index contributed by atoms with van der Waals surface area (Å²) in [6.07, 6.45) is 2.49. The summed E-state index contributed by atoms with van der Waals surface area (Å²) in [4.78, 5) is 0. The van der Waals surface area contributed by atoms with Gasteiger partial charge in [-0.3, -0.25) is 0 Å². The Labute approximate surface area is 77.1 Å². The molecule has 1 unspecified atom stereocenters. The molecule has 1 atom stereocenters. The van der Waals surface area contributed by atoms with Gasteiger partial charge in [0.1, 0.15) is 11.2 Å². The van der Waals surface area contributed by atoms with Crippen LogP contribution in [0.5, 0.6) is 5.75 Å². The van der Waals surface area contributed by atoms with E-state index in [9.17, 15) is 0 Å². The zero-order valence-electron chi connectivity index (χ0n) is 6.90. The first-order valence-corrected chi connectivity index (χ1v) is 5.33. The molecule has 1 nitrogen and oxygen atoms in total. The van der Waals surface area contributed by atoms with Crippen LogP contribution < -0.4 is 4.74 Å². The Kier molecular flexibility index (Phi) is 2.57. The minimum Gasteiger partial charge on any atom is -0.480 e. The lowest BCUT2D eigenvalue weighted by molar-refractivity contribution is 0.284. The smallest absolute Gasteiger partial charge is 0.144 e. The SMILES string of the molecule is c1ccc(OC2CCCS2)cc1. The molecular formula is C10H12OS. The average molecular weight is 180 g/mol. The molecule has 0 saturated carbocycles. The number of hydrogen-bond donors (Lipinski definition) is 0. The highest BCUT2D eigenvalue weighted by molar-refractivity contribution is 8.00. The van der Waals surface area contributed by atoms with Gasteiger partial charge in [0.15, 0.2) is 0 Å². The van der Waals surface area contributed by atoms with Crippen LogP contribution in [0.25, 0.3) is 0 Å². The Balaban J connectivity index is 1.94. The Morgan fingerprint density at radius 1 is 1.25 bits per heavy atom. The fourth-order valence-corrected chi connectivity index (χ4v) is 2.40. The highest BCUT2D eigenvalue weighted by Crippen LogP contribution is 2.28. The summed E-state index contributed by atoms with van der Waals surface area (Å²) >= 11 is 1.91. The van der Waals surface area contributed by atoms with Crippen LogP contribution >= 0.6 is 11.8 Å². The summed E-state index contributed by atoms with van der Waals surface area (Å²) in [5.41, 5.74) is 0.396. The van der Waals surface area contributed by atoms with Crippen LogP contribution in [0.15, 0.2) is 30.3 Å². The van der Waals surface area contributed by atoms with Crippen molar-refractivity contribution in [2.24, 2.45) is 0 Å². The molecule has 1 fully saturated rings. The molecule has 2 heteroatoms. The summed E-state index contributed by atoms with van der Waals surface area (Å²) in [6, 6.07) is 10.1. The second kappa shape index (κ2) is 3.85. The lowest BCUT2D eigenvalue weighted by Crippen LogP contribution is -2.06. The van der Waals surface area contributed by atoms with Gasteiger partial charge in [-0.1, -0.05) is 18.2 Å². The van der Waals surface area contributed by atoms with Crippen LogP contribution in [0.3, 0.4) is 0 Å². The van der Waals surface area contributed by atoms with Crippen molar-refractivity contribution < 1.29 is 4.74 Å². The number of ether oxygens (including phenoxy) is 1. The van der Waals surface area contributed by atoms with E-state index in [2.05, 4.69) is 0 Å². The minimum atomic E-state index is 0.396. The molecule has 2 rings (SSSR count). The third-order valence-electron chi connectivity index (χ3n) is 1.90. The van der Waals surface area contributed by atoms with E-state index in [1.807, 2.05) is 42.1 Å². The van der Waals surface area contributed by atoms with Gasteiger partial charge in [0, 0.05) is 0 Å². The van der Waals surface area contributed by atoms with Crippen LogP contribution in [0.1, 0.15) is 12.8 Å². The maximum absolute atomic E-state index is 5.74. The number of rotatable bonds is 2. The van der Waals surface area contributed by atoms with E-state index in [1.54, 1.807) is 0 Å². The summed E-state index contributed by atoms with van der Waals surface area (Å²) in [7, 11) is 0. The fourth-order valence-electron chi connectivity index (χ4n) is 1.29. The highest BCUT2D eigenvalue weighted by atomic mass is 32.2. The van der Waals surface area contributed by atoms with E-state index in [4.69, 9.17) is 4.74 Å². The third-order valence-corrected chi connectivity index (χ3v) is 3.13. The first kappa shape index (κ1) is 7.99. The molecular weight excluding hydrogens is 168 g/mol. The van der Waals surface area contributed by atoms with Crippen molar-refractivity contribution >= 4 is 11.8 Å². The van der Waals surface area contributed by atoms with E-state index < -0.39 is 0 Å². The predicted octanol–water partition coefficient (Wildman–Crippen LogP) is 2.92. The summed E-state index contributed by atoms with van der Waals surface area (Å²) < 4.78 is 5.74. The molecule has 1 aromatic rings. The van der Waals surface area contributed by atoms with Crippen molar-refractivity contribution in [2.45, 2.75) is 18.3 Å². The topological polar surface area (TPSA) is 9.23 Å². The van der Waals surface area contributed by atoms with Crippen molar-refractivity contribution in [2.75, 3.05) is 5.75 Å². The molecule has 12 heavy (non-hydrogen) atoms. The second-order valence-corrected chi connectivity index (χ2v) is 4.14. The van der Waals surface area contributed by atoms with Gasteiger partial charge in [0.25, 0.3) is 0 Å². The van der Waals surface area contributed by atoms with Crippen molar-refractivity contribution in [3.05, 3.63) is 30.3 Å². The van der Waals surface area contributed by atoms with Gasteiger partial charge in [-0.2, -0.15) is 0 Å². The minimum absolute atomic E-state index is 0.396. The number of thioether (sulfide) groups is 1. The average Bonchev–Trinajstić information content (AvgIpc) is 2.59. The van der Waals surface area contributed by atoms with Gasteiger partial charge in [-0.05, 0) is 30.7 Å². The molecule has 0 bridgehead atoms. The Bertz CT molecular complexity index is 229. The van der Waals surface area contributed by atoms with Crippen LogP contribution in [0, 0.1) is 0 Å². The van der Waals surface area contributed by atoms with E-state index in [-0.39, 0.29) is 0 Å². The number of para-hydroxylation sites is 1. The highest BCUT2D eigenvalue weighted by Gasteiger charge is 2.16. The zero-order chi connectivity index (χ0) is 8.23.